The van der Waals surface area contributed by atoms with Crippen LogP contribution in [0.5, 0.6) is 0 Å². The topological polar surface area (TPSA) is 39.7 Å². The molecule has 2 aromatic rings. The number of nitrogens with zero attached hydrogens (tertiary/aromatic N) is 2. The summed E-state index contributed by atoms with van der Waals surface area (Å²) in [6.07, 6.45) is 7.33. The third kappa shape index (κ3) is 3.67. The molecule has 1 unspecified atom stereocenters. The lowest BCUT2D eigenvalue weighted by atomic mass is 9.99. The van der Waals surface area contributed by atoms with Crippen molar-refractivity contribution >= 4 is 16.6 Å². The molecule has 2 aromatic carbocycles. The molecule has 0 spiro atoms. The molecule has 0 saturated heterocycles. The van der Waals surface area contributed by atoms with Crippen LogP contribution in [0.15, 0.2) is 45.9 Å². The molecule has 1 heterocycles. The highest BCUT2D eigenvalue weighted by molar-refractivity contribution is 7.85. The summed E-state index contributed by atoms with van der Waals surface area (Å²) >= 11 is 0. The Bertz CT molecular complexity index is 990. The standard InChI is InChI=1S/C24H30N4S/c1-16(26-24-21-8-4-6-18(21)13-19-7-5-9-22(19)24)27-29-23-12-17(15-28(2)3)10-11-20(23)14-25-29/h10-13,26H,1,4-9,14-15H2,2-3H3,(H,25,27). The van der Waals surface area contributed by atoms with Gasteiger partial charge in [-0.15, -0.1) is 0 Å². The normalized spacial score (nSPS) is 19.5. The molecule has 0 aromatic heterocycles. The van der Waals surface area contributed by atoms with Gasteiger partial charge in [0.2, 0.25) is 0 Å². The third-order valence-corrected chi connectivity index (χ3v) is 7.80. The van der Waals surface area contributed by atoms with Gasteiger partial charge in [0.05, 0.1) is 0 Å². The van der Waals surface area contributed by atoms with Crippen molar-refractivity contribution in [1.82, 2.24) is 9.62 Å². The van der Waals surface area contributed by atoms with Gasteiger partial charge >= 0.3 is 0 Å². The van der Waals surface area contributed by atoms with E-state index in [0.717, 1.165) is 18.9 Å². The molecule has 152 valence electrons. The highest BCUT2D eigenvalue weighted by Gasteiger charge is 2.24. The van der Waals surface area contributed by atoms with E-state index in [-0.39, 0.29) is 10.9 Å². The van der Waals surface area contributed by atoms with Crippen molar-refractivity contribution in [2.75, 3.05) is 19.4 Å². The summed E-state index contributed by atoms with van der Waals surface area (Å²) in [5.41, 5.74) is 10.1. The van der Waals surface area contributed by atoms with Crippen LogP contribution in [0.3, 0.4) is 0 Å². The summed E-state index contributed by atoms with van der Waals surface area (Å²) in [7, 11) is 3.89. The summed E-state index contributed by atoms with van der Waals surface area (Å²) in [5, 5.41) is 3.64. The van der Waals surface area contributed by atoms with Crippen LogP contribution in [0.4, 0.5) is 5.69 Å². The molecule has 0 fully saturated rings. The quantitative estimate of drug-likeness (QED) is 0.769. The minimum Gasteiger partial charge on any atom is -0.340 e. The molecule has 2 aliphatic carbocycles. The fourth-order valence-electron chi connectivity index (χ4n) is 4.94. The molecule has 1 aliphatic heterocycles. The largest absolute Gasteiger partial charge is 0.340 e. The molecule has 2 N–H and O–H groups in total. The van der Waals surface area contributed by atoms with E-state index in [1.54, 1.807) is 11.1 Å². The minimum atomic E-state index is -0.333. The fourth-order valence-corrected chi connectivity index (χ4v) is 6.47. The molecule has 0 bridgehead atoms. The Kier molecular flexibility index (Phi) is 5.06. The predicted molar refractivity (Wildman–Crippen MR) is 122 cm³/mol. The molecule has 5 heteroatoms. The van der Waals surface area contributed by atoms with Gasteiger partial charge in [-0.1, -0.05) is 24.8 Å². The van der Waals surface area contributed by atoms with Gasteiger partial charge in [-0.05, 0) is 92.1 Å². The van der Waals surface area contributed by atoms with Gasteiger partial charge in [-0.25, -0.2) is 4.72 Å². The number of rotatable bonds is 5. The zero-order chi connectivity index (χ0) is 20.0. The third-order valence-electron chi connectivity index (χ3n) is 6.18. The first-order chi connectivity index (χ1) is 14.1. The van der Waals surface area contributed by atoms with Crippen molar-refractivity contribution in [2.24, 2.45) is 4.36 Å². The van der Waals surface area contributed by atoms with E-state index in [1.807, 2.05) is 0 Å². The van der Waals surface area contributed by atoms with Crippen LogP contribution in [-0.2, 0) is 49.7 Å². The van der Waals surface area contributed by atoms with E-state index in [2.05, 4.69) is 59.9 Å². The SMILES string of the molecule is C=C(N=S1NCc2ccc(CN(C)C)cc21)Nc1c2c(cc3c1CCC3)CCC2. The van der Waals surface area contributed by atoms with Gasteiger partial charge < -0.3 is 10.2 Å². The summed E-state index contributed by atoms with van der Waals surface area (Å²) in [4.78, 5) is 3.52. The first-order valence-corrected chi connectivity index (χ1v) is 11.9. The molecular weight excluding hydrogens is 376 g/mol. The van der Waals surface area contributed by atoms with E-state index >= 15 is 0 Å². The highest BCUT2D eigenvalue weighted by Crippen LogP contribution is 2.39. The van der Waals surface area contributed by atoms with E-state index in [0.29, 0.717) is 0 Å². The Labute approximate surface area is 176 Å². The maximum atomic E-state index is 4.98. The second-order valence-electron chi connectivity index (χ2n) is 8.68. The van der Waals surface area contributed by atoms with Crippen LogP contribution in [0.25, 0.3) is 0 Å². The lowest BCUT2D eigenvalue weighted by Crippen LogP contribution is -2.11. The average Bonchev–Trinajstić information content (AvgIpc) is 3.41. The lowest BCUT2D eigenvalue weighted by molar-refractivity contribution is 0.402. The summed E-state index contributed by atoms with van der Waals surface area (Å²) in [5.74, 6) is 0.779. The Morgan fingerprint density at radius 1 is 1.07 bits per heavy atom. The Balaban J connectivity index is 1.43. The van der Waals surface area contributed by atoms with E-state index in [1.165, 1.54) is 71.4 Å². The van der Waals surface area contributed by atoms with Gasteiger partial charge in [0.25, 0.3) is 0 Å². The molecule has 5 rings (SSSR count). The fraction of sp³-hybridized carbons (Fsp3) is 0.417. The molecule has 3 aliphatic rings. The van der Waals surface area contributed by atoms with E-state index < -0.39 is 0 Å². The zero-order valence-electron chi connectivity index (χ0n) is 17.5. The number of anilines is 1. The van der Waals surface area contributed by atoms with Crippen molar-refractivity contribution in [2.45, 2.75) is 56.5 Å². The van der Waals surface area contributed by atoms with Crippen molar-refractivity contribution in [3.8, 4) is 0 Å². The van der Waals surface area contributed by atoms with Crippen molar-refractivity contribution in [3.63, 3.8) is 0 Å². The maximum Gasteiger partial charge on any atom is 0.132 e. The number of nitrogens with one attached hydrogen (secondary N) is 2. The van der Waals surface area contributed by atoms with E-state index in [4.69, 9.17) is 4.36 Å². The van der Waals surface area contributed by atoms with Crippen LogP contribution < -0.4 is 10.0 Å². The Hall–Kier alpha value is -1.95. The van der Waals surface area contributed by atoms with Gasteiger partial charge in [0, 0.05) is 34.5 Å². The van der Waals surface area contributed by atoms with Crippen LogP contribution >= 0.6 is 0 Å². The first kappa shape index (κ1) is 19.0. The van der Waals surface area contributed by atoms with Gasteiger partial charge in [-0.2, -0.15) is 4.36 Å². The molecule has 0 amide bonds. The monoisotopic (exact) mass is 406 g/mol. The molecule has 1 atom stereocenters. The van der Waals surface area contributed by atoms with Crippen molar-refractivity contribution < 1.29 is 0 Å². The molecular formula is C24H30N4S. The zero-order valence-corrected chi connectivity index (χ0v) is 18.3. The summed E-state index contributed by atoms with van der Waals surface area (Å²) in [6, 6.07) is 9.26. The van der Waals surface area contributed by atoms with Gasteiger partial charge in [-0.3, -0.25) is 0 Å². The maximum absolute atomic E-state index is 4.98. The van der Waals surface area contributed by atoms with Crippen LogP contribution in [0, 0.1) is 0 Å². The smallest absolute Gasteiger partial charge is 0.132 e. The number of fused-ring (bicyclic) bond motifs is 3. The van der Waals surface area contributed by atoms with E-state index in [9.17, 15) is 0 Å². The second-order valence-corrected chi connectivity index (χ2v) is 10.2. The lowest BCUT2D eigenvalue weighted by Gasteiger charge is -2.17. The predicted octanol–water partition coefficient (Wildman–Crippen LogP) is 4.49. The molecule has 0 saturated carbocycles. The van der Waals surface area contributed by atoms with Gasteiger partial charge in [0.15, 0.2) is 0 Å². The highest BCUT2D eigenvalue weighted by atomic mass is 32.2. The number of hydrogen-bond acceptors (Lipinski definition) is 3. The molecule has 4 nitrogen and oxygen atoms in total. The van der Waals surface area contributed by atoms with Crippen molar-refractivity contribution in [1.29, 1.82) is 0 Å². The Morgan fingerprint density at radius 2 is 1.79 bits per heavy atom. The molecule has 29 heavy (non-hydrogen) atoms. The van der Waals surface area contributed by atoms with Crippen LogP contribution in [0.2, 0.25) is 0 Å². The summed E-state index contributed by atoms with van der Waals surface area (Å²) in [6.45, 7) is 6.12. The first-order valence-electron chi connectivity index (χ1n) is 10.7. The average molecular weight is 407 g/mol. The van der Waals surface area contributed by atoms with Crippen molar-refractivity contribution in [3.05, 3.63) is 70.0 Å². The van der Waals surface area contributed by atoms with Crippen LogP contribution in [-0.4, -0.2) is 19.0 Å². The number of hydrogen-bond donors (Lipinski definition) is 2. The Morgan fingerprint density at radius 3 is 2.48 bits per heavy atom. The van der Waals surface area contributed by atoms with Crippen LogP contribution in [0.1, 0.15) is 46.2 Å². The summed E-state index contributed by atoms with van der Waals surface area (Å²) < 4.78 is 8.55. The number of benzene rings is 2. The minimum absolute atomic E-state index is 0.333. The molecule has 0 radical (unpaired) electrons. The van der Waals surface area contributed by atoms with Gasteiger partial charge in [0.1, 0.15) is 5.82 Å². The second kappa shape index (κ2) is 7.71. The number of aryl methyl sites for hydroxylation is 2.